The average molecular weight is 294 g/mol. The fourth-order valence-corrected chi connectivity index (χ4v) is 3.03. The van der Waals surface area contributed by atoms with Crippen LogP contribution >= 0.6 is 0 Å². The predicted octanol–water partition coefficient (Wildman–Crippen LogP) is 2.97. The lowest BCUT2D eigenvalue weighted by molar-refractivity contribution is -0.124. The molecule has 1 aliphatic rings. The molecule has 0 saturated carbocycles. The van der Waals surface area contributed by atoms with E-state index < -0.39 is 0 Å². The Labute approximate surface area is 132 Å². The van der Waals surface area contributed by atoms with Gasteiger partial charge in [-0.1, -0.05) is 60.7 Å². The molecule has 1 saturated heterocycles. The second-order valence-electron chi connectivity index (χ2n) is 5.87. The van der Waals surface area contributed by atoms with Gasteiger partial charge in [0.05, 0.1) is 0 Å². The summed E-state index contributed by atoms with van der Waals surface area (Å²) < 4.78 is 0. The van der Waals surface area contributed by atoms with Crippen molar-refractivity contribution in [3.63, 3.8) is 0 Å². The number of carbonyl (C=O) groups excluding carboxylic acids is 1. The van der Waals surface area contributed by atoms with Gasteiger partial charge in [0.15, 0.2) is 0 Å². The van der Waals surface area contributed by atoms with Crippen LogP contribution in [0.25, 0.3) is 0 Å². The third-order valence-corrected chi connectivity index (χ3v) is 4.19. The summed E-state index contributed by atoms with van der Waals surface area (Å²) in [5.41, 5.74) is 2.59. The SMILES string of the molecule is O=C1CC(N(Cc2ccccc2)Cc2ccccc2)CCN1. The van der Waals surface area contributed by atoms with Crippen molar-refractivity contribution < 1.29 is 4.79 Å². The Kier molecular flexibility index (Phi) is 4.86. The van der Waals surface area contributed by atoms with Gasteiger partial charge in [-0.25, -0.2) is 0 Å². The van der Waals surface area contributed by atoms with E-state index in [1.54, 1.807) is 0 Å². The fraction of sp³-hybridized carbons (Fsp3) is 0.316. The van der Waals surface area contributed by atoms with Crippen LogP contribution in [0.5, 0.6) is 0 Å². The van der Waals surface area contributed by atoms with E-state index in [1.807, 2.05) is 12.1 Å². The smallest absolute Gasteiger partial charge is 0.221 e. The number of carbonyl (C=O) groups is 1. The molecule has 114 valence electrons. The first kappa shape index (κ1) is 14.8. The highest BCUT2D eigenvalue weighted by Gasteiger charge is 2.25. The van der Waals surface area contributed by atoms with Crippen molar-refractivity contribution in [2.24, 2.45) is 0 Å². The quantitative estimate of drug-likeness (QED) is 0.919. The monoisotopic (exact) mass is 294 g/mol. The number of amides is 1. The maximum absolute atomic E-state index is 11.7. The van der Waals surface area contributed by atoms with E-state index in [1.165, 1.54) is 11.1 Å². The molecule has 0 spiro atoms. The van der Waals surface area contributed by atoms with E-state index in [4.69, 9.17) is 0 Å². The van der Waals surface area contributed by atoms with Gasteiger partial charge in [-0.2, -0.15) is 0 Å². The molecule has 2 aromatic rings. The lowest BCUT2D eigenvalue weighted by Gasteiger charge is -2.34. The van der Waals surface area contributed by atoms with Crippen LogP contribution in [0.15, 0.2) is 60.7 Å². The van der Waals surface area contributed by atoms with Crippen molar-refractivity contribution >= 4 is 5.91 Å². The van der Waals surface area contributed by atoms with Crippen LogP contribution < -0.4 is 5.32 Å². The molecule has 0 bridgehead atoms. The summed E-state index contributed by atoms with van der Waals surface area (Å²) in [6, 6.07) is 21.3. The molecular formula is C19H22N2O. The van der Waals surface area contributed by atoms with Crippen molar-refractivity contribution in [2.45, 2.75) is 32.0 Å². The molecule has 1 amide bonds. The number of hydrogen-bond acceptors (Lipinski definition) is 2. The zero-order valence-electron chi connectivity index (χ0n) is 12.7. The minimum atomic E-state index is 0.169. The van der Waals surface area contributed by atoms with Crippen molar-refractivity contribution in [3.05, 3.63) is 71.8 Å². The number of nitrogens with zero attached hydrogens (tertiary/aromatic N) is 1. The molecule has 3 rings (SSSR count). The number of hydrogen-bond donors (Lipinski definition) is 1. The molecule has 3 nitrogen and oxygen atoms in total. The third-order valence-electron chi connectivity index (χ3n) is 4.19. The van der Waals surface area contributed by atoms with Crippen LogP contribution in [0.3, 0.4) is 0 Å². The fourth-order valence-electron chi connectivity index (χ4n) is 3.03. The van der Waals surface area contributed by atoms with Crippen LogP contribution in [0.4, 0.5) is 0 Å². The van der Waals surface area contributed by atoms with Gasteiger partial charge in [0.25, 0.3) is 0 Å². The number of piperidine rings is 1. The van der Waals surface area contributed by atoms with Gasteiger partial charge in [0.2, 0.25) is 5.91 Å². The van der Waals surface area contributed by atoms with E-state index in [-0.39, 0.29) is 5.91 Å². The maximum atomic E-state index is 11.7. The molecule has 1 heterocycles. The van der Waals surface area contributed by atoms with Gasteiger partial charge >= 0.3 is 0 Å². The zero-order valence-corrected chi connectivity index (χ0v) is 12.7. The molecular weight excluding hydrogens is 272 g/mol. The van der Waals surface area contributed by atoms with E-state index in [0.29, 0.717) is 12.5 Å². The van der Waals surface area contributed by atoms with Gasteiger partial charge in [-0.05, 0) is 17.5 Å². The van der Waals surface area contributed by atoms with Crippen LogP contribution in [-0.4, -0.2) is 23.4 Å². The number of rotatable bonds is 5. The Morgan fingerprint density at radius 2 is 1.45 bits per heavy atom. The standard InChI is InChI=1S/C19H22N2O/c22-19-13-18(11-12-20-19)21(14-16-7-3-1-4-8-16)15-17-9-5-2-6-10-17/h1-10,18H,11-15H2,(H,20,22). The molecule has 1 atom stereocenters. The van der Waals surface area contributed by atoms with Crippen molar-refractivity contribution in [2.75, 3.05) is 6.54 Å². The largest absolute Gasteiger partial charge is 0.356 e. The Morgan fingerprint density at radius 1 is 0.909 bits per heavy atom. The highest BCUT2D eigenvalue weighted by Crippen LogP contribution is 2.19. The first-order valence-corrected chi connectivity index (χ1v) is 7.90. The molecule has 22 heavy (non-hydrogen) atoms. The Morgan fingerprint density at radius 3 is 1.95 bits per heavy atom. The highest BCUT2D eigenvalue weighted by molar-refractivity contribution is 5.77. The van der Waals surface area contributed by atoms with Crippen LogP contribution in [-0.2, 0) is 17.9 Å². The summed E-state index contributed by atoms with van der Waals surface area (Å²) in [7, 11) is 0. The second kappa shape index (κ2) is 7.23. The van der Waals surface area contributed by atoms with Gasteiger partial charge in [0.1, 0.15) is 0 Å². The van der Waals surface area contributed by atoms with Crippen LogP contribution in [0.2, 0.25) is 0 Å². The lowest BCUT2D eigenvalue weighted by Crippen LogP contribution is -2.45. The molecule has 3 heteroatoms. The van der Waals surface area contributed by atoms with Crippen molar-refractivity contribution in [1.82, 2.24) is 10.2 Å². The Balaban J connectivity index is 1.76. The van der Waals surface area contributed by atoms with Gasteiger partial charge in [-0.3, -0.25) is 9.69 Å². The first-order valence-electron chi connectivity index (χ1n) is 7.90. The molecule has 0 radical (unpaired) electrons. The molecule has 1 unspecified atom stereocenters. The lowest BCUT2D eigenvalue weighted by atomic mass is 10.0. The molecule has 1 fully saturated rings. The van der Waals surface area contributed by atoms with Crippen molar-refractivity contribution in [3.8, 4) is 0 Å². The summed E-state index contributed by atoms with van der Waals surface area (Å²) in [5.74, 6) is 0.169. The van der Waals surface area contributed by atoms with E-state index in [2.05, 4.69) is 58.7 Å². The minimum absolute atomic E-state index is 0.169. The predicted molar refractivity (Wildman–Crippen MR) is 88.2 cm³/mol. The Bertz CT molecular complexity index is 556. The Hall–Kier alpha value is -2.13. The van der Waals surface area contributed by atoms with Crippen LogP contribution in [0, 0.1) is 0 Å². The van der Waals surface area contributed by atoms with E-state index >= 15 is 0 Å². The zero-order chi connectivity index (χ0) is 15.2. The minimum Gasteiger partial charge on any atom is -0.356 e. The molecule has 1 N–H and O–H groups in total. The topological polar surface area (TPSA) is 32.3 Å². The summed E-state index contributed by atoms with van der Waals surface area (Å²) in [6.07, 6.45) is 1.62. The summed E-state index contributed by atoms with van der Waals surface area (Å²) in [4.78, 5) is 14.2. The van der Waals surface area contributed by atoms with Gasteiger partial charge < -0.3 is 5.32 Å². The molecule has 1 aliphatic heterocycles. The summed E-state index contributed by atoms with van der Waals surface area (Å²) >= 11 is 0. The van der Waals surface area contributed by atoms with Gasteiger partial charge in [0, 0.05) is 32.1 Å². The second-order valence-corrected chi connectivity index (χ2v) is 5.87. The summed E-state index contributed by atoms with van der Waals surface area (Å²) in [6.45, 7) is 2.55. The van der Waals surface area contributed by atoms with Crippen LogP contribution in [0.1, 0.15) is 24.0 Å². The van der Waals surface area contributed by atoms with Crippen molar-refractivity contribution in [1.29, 1.82) is 0 Å². The average Bonchev–Trinajstić information content (AvgIpc) is 2.56. The molecule has 2 aromatic carbocycles. The van der Waals surface area contributed by atoms with E-state index in [9.17, 15) is 4.79 Å². The highest BCUT2D eigenvalue weighted by atomic mass is 16.1. The molecule has 0 aliphatic carbocycles. The number of nitrogens with one attached hydrogen (secondary N) is 1. The normalized spacial score (nSPS) is 18.2. The molecule has 0 aromatic heterocycles. The van der Waals surface area contributed by atoms with E-state index in [0.717, 1.165) is 26.1 Å². The number of benzene rings is 2. The van der Waals surface area contributed by atoms with Gasteiger partial charge in [-0.15, -0.1) is 0 Å². The third kappa shape index (κ3) is 3.95. The first-order chi connectivity index (χ1) is 10.8. The summed E-state index contributed by atoms with van der Waals surface area (Å²) in [5, 5.41) is 2.93. The maximum Gasteiger partial charge on any atom is 0.221 e.